The molecule has 0 fully saturated rings. The smallest absolute Gasteiger partial charge is 0.334 e. The highest BCUT2D eigenvalue weighted by atomic mass is 32.2. The van der Waals surface area contributed by atoms with Crippen molar-refractivity contribution in [3.8, 4) is 0 Å². The van der Waals surface area contributed by atoms with Gasteiger partial charge >= 0.3 is 16.2 Å². The Hall–Kier alpha value is -1.04. The molecule has 0 radical (unpaired) electrons. The van der Waals surface area contributed by atoms with Gasteiger partial charge in [0, 0.05) is 0 Å². The first-order chi connectivity index (χ1) is 4.98. The minimum absolute atomic E-state index is 0.232. The van der Waals surface area contributed by atoms with Crippen LogP contribution in [-0.2, 0) is 14.3 Å². The molecule has 0 saturated carbocycles. The van der Waals surface area contributed by atoms with Gasteiger partial charge in [0.05, 0.1) is 5.75 Å². The monoisotopic (exact) mass is 179 g/mol. The number of hydrogen-bond donors (Lipinski definition) is 1. The van der Waals surface area contributed by atoms with Crippen LogP contribution >= 0.6 is 0 Å². The lowest BCUT2D eigenvalue weighted by molar-refractivity contribution is 0.213. The molecule has 0 rings (SSSR count). The molecule has 0 aliphatic carbocycles. The summed E-state index contributed by atoms with van der Waals surface area (Å²) in [7, 11) is -3.79. The first-order valence-electron chi connectivity index (χ1n) is 2.80. The van der Waals surface area contributed by atoms with Gasteiger partial charge in [0.2, 0.25) is 0 Å². The summed E-state index contributed by atoms with van der Waals surface area (Å²) in [5.41, 5.74) is 4.48. The number of carbonyl (C=O) groups is 1. The second kappa shape index (κ2) is 3.97. The van der Waals surface area contributed by atoms with Gasteiger partial charge in [0.25, 0.3) is 0 Å². The van der Waals surface area contributed by atoms with Crippen LogP contribution in [0.2, 0.25) is 0 Å². The molecule has 64 valence electrons. The van der Waals surface area contributed by atoms with Gasteiger partial charge < -0.3 is 9.92 Å². The third-order valence-corrected chi connectivity index (χ3v) is 1.93. The summed E-state index contributed by atoms with van der Waals surface area (Å²) in [5.74, 6) is -0.278. The maximum atomic E-state index is 10.6. The summed E-state index contributed by atoms with van der Waals surface area (Å²) in [6.45, 7) is 3.31. The highest BCUT2D eigenvalue weighted by molar-refractivity contribution is 7.87. The summed E-state index contributed by atoms with van der Waals surface area (Å²) in [4.78, 5) is 9.97. The summed E-state index contributed by atoms with van der Waals surface area (Å²) in [6.07, 6.45) is 0.325. The van der Waals surface area contributed by atoms with E-state index in [0.29, 0.717) is 0 Å². The molecular weight excluding hydrogens is 170 g/mol. The van der Waals surface area contributed by atoms with E-state index in [-0.39, 0.29) is 12.2 Å². The molecule has 0 bridgehead atoms. The molecule has 11 heavy (non-hydrogen) atoms. The van der Waals surface area contributed by atoms with Gasteiger partial charge in [0.15, 0.2) is 0 Å². The molecular formula is C5H9NO4S. The van der Waals surface area contributed by atoms with Gasteiger partial charge in [0.1, 0.15) is 0 Å². The molecule has 0 heterocycles. The zero-order valence-corrected chi connectivity index (χ0v) is 6.63. The SMILES string of the molecule is C=CCCS(=O)(=O)OC(N)=O. The Labute approximate surface area is 65.0 Å². The highest BCUT2D eigenvalue weighted by Crippen LogP contribution is 1.95. The Balaban J connectivity index is 4.02. The van der Waals surface area contributed by atoms with Crippen LogP contribution in [0.3, 0.4) is 0 Å². The van der Waals surface area contributed by atoms with Crippen LogP contribution in [0.4, 0.5) is 4.79 Å². The van der Waals surface area contributed by atoms with Gasteiger partial charge in [-0.1, -0.05) is 6.08 Å². The Bertz CT molecular complexity index is 243. The zero-order valence-electron chi connectivity index (χ0n) is 5.82. The maximum Gasteiger partial charge on any atom is 0.420 e. The van der Waals surface area contributed by atoms with Crippen molar-refractivity contribution >= 4 is 16.2 Å². The van der Waals surface area contributed by atoms with Crippen LogP contribution in [0.15, 0.2) is 12.7 Å². The summed E-state index contributed by atoms with van der Waals surface area (Å²) < 4.78 is 25.1. The summed E-state index contributed by atoms with van der Waals surface area (Å²) in [6, 6.07) is 0. The second-order valence-corrected chi connectivity index (χ2v) is 3.43. The largest absolute Gasteiger partial charge is 0.420 e. The normalized spacial score (nSPS) is 10.5. The predicted octanol–water partition coefficient (Wildman–Crippen LogP) is -0.0124. The summed E-state index contributed by atoms with van der Waals surface area (Å²) in [5, 5.41) is 0. The average Bonchev–Trinajstić information content (AvgIpc) is 1.81. The number of allylic oxidation sites excluding steroid dienone is 1. The summed E-state index contributed by atoms with van der Waals surface area (Å²) >= 11 is 0. The molecule has 0 aliphatic rings. The van der Waals surface area contributed by atoms with Crippen molar-refractivity contribution in [2.24, 2.45) is 5.73 Å². The molecule has 0 spiro atoms. The molecule has 0 aliphatic heterocycles. The van der Waals surface area contributed by atoms with Crippen LogP contribution < -0.4 is 5.73 Å². The van der Waals surface area contributed by atoms with Crippen LogP contribution in [0, 0.1) is 0 Å². The van der Waals surface area contributed by atoms with Gasteiger partial charge in [-0.05, 0) is 6.42 Å². The van der Waals surface area contributed by atoms with E-state index in [4.69, 9.17) is 0 Å². The number of amides is 1. The fourth-order valence-corrected chi connectivity index (χ4v) is 1.18. The van der Waals surface area contributed by atoms with Gasteiger partial charge in [-0.15, -0.1) is 6.58 Å². The molecule has 5 nitrogen and oxygen atoms in total. The van der Waals surface area contributed by atoms with E-state index in [1.165, 1.54) is 6.08 Å². The third kappa shape index (κ3) is 5.41. The fourth-order valence-electron chi connectivity index (χ4n) is 0.394. The molecule has 0 aromatic carbocycles. The highest BCUT2D eigenvalue weighted by Gasteiger charge is 2.12. The lowest BCUT2D eigenvalue weighted by Gasteiger charge is -1.99. The number of primary amides is 1. The van der Waals surface area contributed by atoms with E-state index in [1.807, 2.05) is 0 Å². The Morgan fingerprint density at radius 1 is 1.64 bits per heavy atom. The van der Waals surface area contributed by atoms with Gasteiger partial charge in [-0.3, -0.25) is 0 Å². The van der Waals surface area contributed by atoms with Crippen LogP contribution in [0.25, 0.3) is 0 Å². The van der Waals surface area contributed by atoms with E-state index in [2.05, 4.69) is 16.5 Å². The van der Waals surface area contributed by atoms with E-state index in [1.54, 1.807) is 0 Å². The van der Waals surface area contributed by atoms with Crippen molar-refractivity contribution in [1.82, 2.24) is 0 Å². The van der Waals surface area contributed by atoms with Crippen molar-refractivity contribution in [3.05, 3.63) is 12.7 Å². The number of nitrogens with two attached hydrogens (primary N) is 1. The average molecular weight is 179 g/mol. The maximum absolute atomic E-state index is 10.6. The van der Waals surface area contributed by atoms with Crippen LogP contribution in [-0.4, -0.2) is 20.3 Å². The van der Waals surface area contributed by atoms with E-state index >= 15 is 0 Å². The Morgan fingerprint density at radius 3 is 2.55 bits per heavy atom. The fraction of sp³-hybridized carbons (Fsp3) is 0.400. The van der Waals surface area contributed by atoms with Gasteiger partial charge in [-0.2, -0.15) is 8.42 Å². The first-order valence-corrected chi connectivity index (χ1v) is 4.38. The lowest BCUT2D eigenvalue weighted by atomic mass is 10.5. The standard InChI is InChI=1S/C5H9NO4S/c1-2-3-4-11(8,9)10-5(6)7/h2H,1,3-4H2,(H2,6,7). The van der Waals surface area contributed by atoms with Crippen LogP contribution in [0.1, 0.15) is 6.42 Å². The zero-order chi connectivity index (χ0) is 8.91. The van der Waals surface area contributed by atoms with Crippen LogP contribution in [0.5, 0.6) is 0 Å². The minimum Gasteiger partial charge on any atom is -0.334 e. The van der Waals surface area contributed by atoms with Crippen molar-refractivity contribution in [2.75, 3.05) is 5.75 Å². The molecule has 0 aromatic heterocycles. The first kappa shape index (κ1) is 9.96. The quantitative estimate of drug-likeness (QED) is 0.485. The van der Waals surface area contributed by atoms with E-state index in [0.717, 1.165) is 0 Å². The Morgan fingerprint density at radius 2 is 2.18 bits per heavy atom. The molecule has 6 heteroatoms. The van der Waals surface area contributed by atoms with Gasteiger partial charge in [-0.25, -0.2) is 4.79 Å². The minimum atomic E-state index is -3.79. The molecule has 0 atom stereocenters. The predicted molar refractivity (Wildman–Crippen MR) is 39.3 cm³/mol. The number of rotatable bonds is 4. The van der Waals surface area contributed by atoms with E-state index < -0.39 is 16.2 Å². The number of hydrogen-bond acceptors (Lipinski definition) is 4. The molecule has 0 aromatic rings. The topological polar surface area (TPSA) is 86.5 Å². The van der Waals surface area contributed by atoms with Crippen molar-refractivity contribution < 1.29 is 17.4 Å². The second-order valence-electron chi connectivity index (χ2n) is 1.74. The molecule has 0 unspecified atom stereocenters. The molecule has 2 N–H and O–H groups in total. The molecule has 1 amide bonds. The van der Waals surface area contributed by atoms with Crippen molar-refractivity contribution in [3.63, 3.8) is 0 Å². The molecule has 0 saturated heterocycles. The van der Waals surface area contributed by atoms with E-state index in [9.17, 15) is 13.2 Å². The Kier molecular flexibility index (Phi) is 3.59. The number of carbonyl (C=O) groups excluding carboxylic acids is 1. The lowest BCUT2D eigenvalue weighted by Crippen LogP contribution is -2.20. The van der Waals surface area contributed by atoms with Crippen molar-refractivity contribution in [2.45, 2.75) is 6.42 Å². The van der Waals surface area contributed by atoms with Crippen molar-refractivity contribution in [1.29, 1.82) is 0 Å². The third-order valence-electron chi connectivity index (χ3n) is 0.781.